The minimum Gasteiger partial charge on any atom is -0.478 e. The number of halogens is 1. The smallest absolute Gasteiger partial charge is 0.213 e. The molecule has 0 atom stereocenters. The zero-order valence-corrected chi connectivity index (χ0v) is 11.0. The second kappa shape index (κ2) is 6.22. The maximum atomic E-state index is 6.03. The van der Waals surface area contributed by atoms with Gasteiger partial charge in [0.05, 0.1) is 11.6 Å². The van der Waals surface area contributed by atoms with Crippen LogP contribution in [-0.2, 0) is 6.54 Å². The first-order chi connectivity index (χ1) is 8.29. The summed E-state index contributed by atoms with van der Waals surface area (Å²) < 4.78 is 5.66. The summed E-state index contributed by atoms with van der Waals surface area (Å²) >= 11 is 6.03. The van der Waals surface area contributed by atoms with E-state index in [1.807, 2.05) is 13.1 Å². The van der Waals surface area contributed by atoms with Crippen molar-refractivity contribution in [1.29, 1.82) is 0 Å². The third kappa shape index (κ3) is 3.58. The van der Waals surface area contributed by atoms with E-state index in [4.69, 9.17) is 16.3 Å². The Labute approximate surface area is 108 Å². The molecule has 0 amide bonds. The molecular weight excluding hydrogens is 236 g/mol. The lowest BCUT2D eigenvalue weighted by Crippen LogP contribution is -2.15. The quantitative estimate of drug-likeness (QED) is 0.847. The van der Waals surface area contributed by atoms with Crippen LogP contribution in [0.4, 0.5) is 0 Å². The number of rotatable bonds is 6. The third-order valence-corrected chi connectivity index (χ3v) is 3.62. The summed E-state index contributed by atoms with van der Waals surface area (Å²) in [6, 6.07) is 1.92. The minimum atomic E-state index is 0.680. The van der Waals surface area contributed by atoms with Crippen LogP contribution >= 0.6 is 11.6 Å². The number of nitrogens with zero attached hydrogens (tertiary/aromatic N) is 1. The number of pyridine rings is 1. The fraction of sp³-hybridized carbons (Fsp3) is 0.615. The molecule has 1 aliphatic rings. The van der Waals surface area contributed by atoms with Crippen LogP contribution in [0.25, 0.3) is 0 Å². The van der Waals surface area contributed by atoms with Crippen molar-refractivity contribution in [3.63, 3.8) is 0 Å². The highest BCUT2D eigenvalue weighted by Crippen LogP contribution is 2.29. The summed E-state index contributed by atoms with van der Waals surface area (Å²) in [6.07, 6.45) is 6.92. The van der Waals surface area contributed by atoms with Crippen LogP contribution in [0.1, 0.15) is 31.2 Å². The van der Waals surface area contributed by atoms with E-state index < -0.39 is 0 Å². The lowest BCUT2D eigenvalue weighted by molar-refractivity contribution is 0.217. The molecule has 1 aromatic rings. The van der Waals surface area contributed by atoms with Crippen molar-refractivity contribution < 1.29 is 4.74 Å². The molecule has 0 radical (unpaired) electrons. The van der Waals surface area contributed by atoms with E-state index in [0.29, 0.717) is 10.9 Å². The SMILES string of the molecule is CNCc1cc(OCCC2CCC2)ncc1Cl. The van der Waals surface area contributed by atoms with E-state index in [1.165, 1.54) is 19.3 Å². The lowest BCUT2D eigenvalue weighted by Gasteiger charge is -2.24. The molecule has 1 aromatic heterocycles. The van der Waals surface area contributed by atoms with Crippen molar-refractivity contribution in [3.05, 3.63) is 22.8 Å². The molecular formula is C13H19ClN2O. The first kappa shape index (κ1) is 12.7. The molecule has 0 saturated heterocycles. The molecule has 17 heavy (non-hydrogen) atoms. The fourth-order valence-electron chi connectivity index (χ4n) is 1.97. The fourth-order valence-corrected chi connectivity index (χ4v) is 2.15. The first-order valence-corrected chi connectivity index (χ1v) is 6.59. The highest BCUT2D eigenvalue weighted by molar-refractivity contribution is 6.31. The Balaban J connectivity index is 1.84. The molecule has 0 aromatic carbocycles. The van der Waals surface area contributed by atoms with Gasteiger partial charge in [0.1, 0.15) is 0 Å². The molecule has 94 valence electrons. The van der Waals surface area contributed by atoms with Crippen LogP contribution in [0.3, 0.4) is 0 Å². The summed E-state index contributed by atoms with van der Waals surface area (Å²) in [5.74, 6) is 1.55. The van der Waals surface area contributed by atoms with Crippen molar-refractivity contribution in [2.45, 2.75) is 32.2 Å². The number of hydrogen-bond donors (Lipinski definition) is 1. The van der Waals surface area contributed by atoms with Gasteiger partial charge in [0, 0.05) is 18.8 Å². The highest BCUT2D eigenvalue weighted by atomic mass is 35.5. The Bertz CT molecular complexity index is 366. The second-order valence-corrected chi connectivity index (χ2v) is 4.99. The summed E-state index contributed by atoms with van der Waals surface area (Å²) in [7, 11) is 1.90. The lowest BCUT2D eigenvalue weighted by atomic mass is 9.83. The van der Waals surface area contributed by atoms with Gasteiger partial charge in [-0.05, 0) is 24.9 Å². The molecule has 0 aliphatic heterocycles. The number of nitrogens with one attached hydrogen (secondary N) is 1. The predicted molar refractivity (Wildman–Crippen MR) is 69.5 cm³/mol. The monoisotopic (exact) mass is 254 g/mol. The molecule has 3 nitrogen and oxygen atoms in total. The van der Waals surface area contributed by atoms with Gasteiger partial charge < -0.3 is 10.1 Å². The van der Waals surface area contributed by atoms with E-state index in [2.05, 4.69) is 10.3 Å². The second-order valence-electron chi connectivity index (χ2n) is 4.58. The predicted octanol–water partition coefficient (Wildman–Crippen LogP) is 3.02. The van der Waals surface area contributed by atoms with Crippen molar-refractivity contribution in [1.82, 2.24) is 10.3 Å². The Morgan fingerprint density at radius 1 is 1.53 bits per heavy atom. The largest absolute Gasteiger partial charge is 0.478 e. The van der Waals surface area contributed by atoms with Crippen molar-refractivity contribution in [2.24, 2.45) is 5.92 Å². The Morgan fingerprint density at radius 2 is 2.35 bits per heavy atom. The molecule has 0 unspecified atom stereocenters. The van der Waals surface area contributed by atoms with Gasteiger partial charge in [-0.3, -0.25) is 0 Å². The van der Waals surface area contributed by atoms with E-state index >= 15 is 0 Å². The summed E-state index contributed by atoms with van der Waals surface area (Å²) in [5, 5.41) is 3.76. The standard InChI is InChI=1S/C13H19ClN2O/c1-15-8-11-7-13(16-9-12(11)14)17-6-5-10-3-2-4-10/h7,9-10,15H,2-6,8H2,1H3. The van der Waals surface area contributed by atoms with Gasteiger partial charge >= 0.3 is 0 Å². The third-order valence-electron chi connectivity index (χ3n) is 3.28. The molecule has 1 heterocycles. The maximum Gasteiger partial charge on any atom is 0.213 e. The number of aromatic nitrogens is 1. The van der Waals surface area contributed by atoms with Gasteiger partial charge in [-0.1, -0.05) is 30.9 Å². The van der Waals surface area contributed by atoms with Crippen LogP contribution in [0, 0.1) is 5.92 Å². The Morgan fingerprint density at radius 3 is 3.00 bits per heavy atom. The maximum absolute atomic E-state index is 6.03. The van der Waals surface area contributed by atoms with E-state index in [1.54, 1.807) is 6.20 Å². The Kier molecular flexibility index (Phi) is 4.63. The molecule has 2 rings (SSSR count). The highest BCUT2D eigenvalue weighted by Gasteiger charge is 2.17. The van der Waals surface area contributed by atoms with Gasteiger partial charge in [-0.2, -0.15) is 0 Å². The molecule has 0 bridgehead atoms. The van der Waals surface area contributed by atoms with Crippen LogP contribution in [0.2, 0.25) is 5.02 Å². The molecule has 0 spiro atoms. The van der Waals surface area contributed by atoms with E-state index in [9.17, 15) is 0 Å². The van der Waals surface area contributed by atoms with Gasteiger partial charge in [-0.15, -0.1) is 0 Å². The zero-order chi connectivity index (χ0) is 12.1. The molecule has 4 heteroatoms. The number of ether oxygens (including phenoxy) is 1. The average molecular weight is 255 g/mol. The van der Waals surface area contributed by atoms with Crippen LogP contribution in [0.5, 0.6) is 5.88 Å². The molecule has 1 aliphatic carbocycles. The minimum absolute atomic E-state index is 0.680. The van der Waals surface area contributed by atoms with Crippen LogP contribution < -0.4 is 10.1 Å². The van der Waals surface area contributed by atoms with Gasteiger partial charge in [0.25, 0.3) is 0 Å². The topological polar surface area (TPSA) is 34.1 Å². The van der Waals surface area contributed by atoms with E-state index in [0.717, 1.165) is 31.1 Å². The Hall–Kier alpha value is -0.800. The molecule has 1 N–H and O–H groups in total. The summed E-state index contributed by atoms with van der Waals surface area (Å²) in [5.41, 5.74) is 1.03. The molecule has 1 saturated carbocycles. The van der Waals surface area contributed by atoms with Gasteiger partial charge in [0.15, 0.2) is 0 Å². The van der Waals surface area contributed by atoms with Crippen molar-refractivity contribution >= 4 is 11.6 Å². The van der Waals surface area contributed by atoms with E-state index in [-0.39, 0.29) is 0 Å². The summed E-state index contributed by atoms with van der Waals surface area (Å²) in [6.45, 7) is 1.50. The van der Waals surface area contributed by atoms with Crippen molar-refractivity contribution in [3.8, 4) is 5.88 Å². The molecule has 1 fully saturated rings. The summed E-state index contributed by atoms with van der Waals surface area (Å²) in [4.78, 5) is 4.18. The average Bonchev–Trinajstić information content (AvgIpc) is 2.26. The number of hydrogen-bond acceptors (Lipinski definition) is 3. The van der Waals surface area contributed by atoms with Crippen LogP contribution in [-0.4, -0.2) is 18.6 Å². The van der Waals surface area contributed by atoms with Crippen molar-refractivity contribution in [2.75, 3.05) is 13.7 Å². The van der Waals surface area contributed by atoms with Gasteiger partial charge in [0.2, 0.25) is 5.88 Å². The van der Waals surface area contributed by atoms with Gasteiger partial charge in [-0.25, -0.2) is 4.98 Å². The first-order valence-electron chi connectivity index (χ1n) is 6.21. The normalized spacial score (nSPS) is 15.6. The zero-order valence-electron chi connectivity index (χ0n) is 10.2. The van der Waals surface area contributed by atoms with Crippen LogP contribution in [0.15, 0.2) is 12.3 Å².